The summed E-state index contributed by atoms with van der Waals surface area (Å²) in [5.74, 6) is 1.57. The normalized spacial score (nSPS) is 16.7. The summed E-state index contributed by atoms with van der Waals surface area (Å²) < 4.78 is 5.91. The largest absolute Gasteiger partial charge is 0.454 e. The second kappa shape index (κ2) is 3.89. The molecule has 76 valence electrons. The molecule has 0 unspecified atom stereocenters. The smallest absolute Gasteiger partial charge is 0.170 e. The number of hydrogen-bond donors (Lipinski definition) is 0. The van der Waals surface area contributed by atoms with Gasteiger partial charge in [-0.25, -0.2) is 0 Å². The number of hydrogen-bond acceptors (Lipinski definition) is 2. The lowest BCUT2D eigenvalue weighted by atomic mass is 9.81. The fourth-order valence-corrected chi connectivity index (χ4v) is 2.26. The third-order valence-electron chi connectivity index (χ3n) is 2.89. The molecule has 3 heteroatoms. The first kappa shape index (κ1) is 9.97. The van der Waals surface area contributed by atoms with Gasteiger partial charge in [0, 0.05) is 12.5 Å². The van der Waals surface area contributed by atoms with Gasteiger partial charge in [0.25, 0.3) is 0 Å². The Morgan fingerprint density at radius 2 is 2.36 bits per heavy atom. The van der Waals surface area contributed by atoms with Crippen molar-refractivity contribution in [1.29, 1.82) is 0 Å². The van der Waals surface area contributed by atoms with E-state index in [1.165, 1.54) is 19.3 Å². The minimum atomic E-state index is 0.224. The molecule has 1 heterocycles. The van der Waals surface area contributed by atoms with Crippen LogP contribution in [0.25, 0.3) is 0 Å². The Morgan fingerprint density at radius 1 is 1.64 bits per heavy atom. The van der Waals surface area contributed by atoms with Crippen LogP contribution in [0.3, 0.4) is 0 Å². The van der Waals surface area contributed by atoms with Crippen LogP contribution >= 0.6 is 15.9 Å². The van der Waals surface area contributed by atoms with Crippen LogP contribution in [0.2, 0.25) is 0 Å². The standard InChI is InChI=1S/C11H13BrO2/c1-7-9(6-11(12)14-7)10(13)5-8-3-2-4-8/h6,8H,2-5H2,1H3. The average molecular weight is 257 g/mol. The van der Waals surface area contributed by atoms with Crippen molar-refractivity contribution < 1.29 is 9.21 Å². The molecular weight excluding hydrogens is 244 g/mol. The molecule has 0 radical (unpaired) electrons. The highest BCUT2D eigenvalue weighted by atomic mass is 79.9. The summed E-state index contributed by atoms with van der Waals surface area (Å²) in [7, 11) is 0. The number of carbonyl (C=O) groups excluding carboxylic acids is 1. The second-order valence-corrected chi connectivity index (χ2v) is 4.73. The van der Waals surface area contributed by atoms with Gasteiger partial charge in [-0.3, -0.25) is 4.79 Å². The van der Waals surface area contributed by atoms with Crippen molar-refractivity contribution in [3.8, 4) is 0 Å². The van der Waals surface area contributed by atoms with Crippen molar-refractivity contribution in [2.24, 2.45) is 5.92 Å². The van der Waals surface area contributed by atoms with Gasteiger partial charge in [-0.1, -0.05) is 19.3 Å². The number of rotatable bonds is 3. The Balaban J connectivity index is 2.06. The maximum atomic E-state index is 11.8. The predicted octanol–water partition coefficient (Wildman–Crippen LogP) is 3.72. The van der Waals surface area contributed by atoms with Crippen molar-refractivity contribution in [1.82, 2.24) is 0 Å². The molecular formula is C11H13BrO2. The summed E-state index contributed by atoms with van der Waals surface area (Å²) >= 11 is 3.23. The van der Waals surface area contributed by atoms with E-state index in [0.717, 1.165) is 11.3 Å². The summed E-state index contributed by atoms with van der Waals surface area (Å²) in [6.07, 6.45) is 4.40. The fraction of sp³-hybridized carbons (Fsp3) is 0.545. The number of Topliss-reactive ketones (excluding diaryl/α,β-unsaturated/α-hetero) is 1. The maximum absolute atomic E-state index is 11.8. The van der Waals surface area contributed by atoms with Gasteiger partial charge in [0.05, 0.1) is 5.56 Å². The van der Waals surface area contributed by atoms with Gasteiger partial charge in [0.15, 0.2) is 10.5 Å². The van der Waals surface area contributed by atoms with Crippen LogP contribution in [0.15, 0.2) is 15.2 Å². The summed E-state index contributed by atoms with van der Waals surface area (Å²) in [6.45, 7) is 1.83. The van der Waals surface area contributed by atoms with Gasteiger partial charge < -0.3 is 4.42 Å². The summed E-state index contributed by atoms with van der Waals surface area (Å²) in [5, 5.41) is 0. The molecule has 2 rings (SSSR count). The van der Waals surface area contributed by atoms with E-state index in [1.807, 2.05) is 6.92 Å². The van der Waals surface area contributed by atoms with E-state index < -0.39 is 0 Å². The van der Waals surface area contributed by atoms with Crippen LogP contribution in [0.4, 0.5) is 0 Å². The van der Waals surface area contributed by atoms with Gasteiger partial charge in [0.2, 0.25) is 0 Å². The van der Waals surface area contributed by atoms with Crippen LogP contribution in [0, 0.1) is 12.8 Å². The van der Waals surface area contributed by atoms with E-state index >= 15 is 0 Å². The molecule has 1 aliphatic rings. The van der Waals surface area contributed by atoms with Crippen LogP contribution in [0.5, 0.6) is 0 Å². The van der Waals surface area contributed by atoms with E-state index in [4.69, 9.17) is 4.42 Å². The van der Waals surface area contributed by atoms with E-state index in [0.29, 0.717) is 17.0 Å². The Bertz CT molecular complexity index is 350. The molecule has 0 atom stereocenters. The Labute approximate surface area is 91.8 Å². The summed E-state index contributed by atoms with van der Waals surface area (Å²) in [5.41, 5.74) is 0.740. The molecule has 0 spiro atoms. The van der Waals surface area contributed by atoms with Crippen LogP contribution in [-0.2, 0) is 0 Å². The van der Waals surface area contributed by atoms with Gasteiger partial charge in [-0.15, -0.1) is 0 Å². The minimum absolute atomic E-state index is 0.224. The van der Waals surface area contributed by atoms with Gasteiger partial charge >= 0.3 is 0 Å². The van der Waals surface area contributed by atoms with Gasteiger partial charge in [0.1, 0.15) is 5.76 Å². The Hall–Kier alpha value is -0.570. The monoisotopic (exact) mass is 256 g/mol. The molecule has 2 nitrogen and oxygen atoms in total. The van der Waals surface area contributed by atoms with E-state index in [2.05, 4.69) is 15.9 Å². The molecule has 1 aliphatic carbocycles. The molecule has 0 N–H and O–H groups in total. The molecule has 1 fully saturated rings. The van der Waals surface area contributed by atoms with Crippen molar-refractivity contribution in [2.45, 2.75) is 32.6 Å². The first-order valence-corrected chi connectivity index (χ1v) is 5.75. The summed E-state index contributed by atoms with van der Waals surface area (Å²) in [6, 6.07) is 1.77. The quantitative estimate of drug-likeness (QED) is 0.772. The first-order valence-electron chi connectivity index (χ1n) is 4.96. The number of aryl methyl sites for hydroxylation is 1. The van der Waals surface area contributed by atoms with Crippen LogP contribution in [0.1, 0.15) is 41.8 Å². The van der Waals surface area contributed by atoms with E-state index in [9.17, 15) is 4.79 Å². The zero-order chi connectivity index (χ0) is 10.1. The van der Waals surface area contributed by atoms with Crippen LogP contribution < -0.4 is 0 Å². The Kier molecular flexibility index (Phi) is 2.77. The van der Waals surface area contributed by atoms with Crippen molar-refractivity contribution >= 4 is 21.7 Å². The zero-order valence-corrected chi connectivity index (χ0v) is 9.76. The SMILES string of the molecule is Cc1oc(Br)cc1C(=O)CC1CCC1. The fourth-order valence-electron chi connectivity index (χ4n) is 1.79. The lowest BCUT2D eigenvalue weighted by Gasteiger charge is -2.24. The highest BCUT2D eigenvalue weighted by molar-refractivity contribution is 9.10. The number of halogens is 1. The lowest BCUT2D eigenvalue weighted by Crippen LogP contribution is -2.16. The molecule has 14 heavy (non-hydrogen) atoms. The first-order chi connectivity index (χ1) is 6.66. The molecule has 0 saturated heterocycles. The molecule has 0 amide bonds. The Morgan fingerprint density at radius 3 is 2.79 bits per heavy atom. The molecule has 1 saturated carbocycles. The van der Waals surface area contributed by atoms with Gasteiger partial charge in [-0.05, 0) is 28.8 Å². The van der Waals surface area contributed by atoms with E-state index in [-0.39, 0.29) is 5.78 Å². The molecule has 1 aromatic rings. The second-order valence-electron chi connectivity index (χ2n) is 3.94. The van der Waals surface area contributed by atoms with Crippen LogP contribution in [-0.4, -0.2) is 5.78 Å². The third-order valence-corrected chi connectivity index (χ3v) is 3.28. The lowest BCUT2D eigenvalue weighted by molar-refractivity contribution is 0.0935. The maximum Gasteiger partial charge on any atom is 0.170 e. The zero-order valence-electron chi connectivity index (χ0n) is 8.18. The topological polar surface area (TPSA) is 30.2 Å². The van der Waals surface area contributed by atoms with Crippen molar-refractivity contribution in [3.63, 3.8) is 0 Å². The molecule has 1 aromatic heterocycles. The van der Waals surface area contributed by atoms with Gasteiger partial charge in [-0.2, -0.15) is 0 Å². The molecule has 0 bridgehead atoms. The highest BCUT2D eigenvalue weighted by Crippen LogP contribution is 2.31. The number of ketones is 1. The van der Waals surface area contributed by atoms with E-state index in [1.54, 1.807) is 6.07 Å². The highest BCUT2D eigenvalue weighted by Gasteiger charge is 2.23. The average Bonchev–Trinajstić information content (AvgIpc) is 2.37. The van der Waals surface area contributed by atoms with Crippen molar-refractivity contribution in [2.75, 3.05) is 0 Å². The number of furan rings is 1. The van der Waals surface area contributed by atoms with Crippen molar-refractivity contribution in [3.05, 3.63) is 22.1 Å². The minimum Gasteiger partial charge on any atom is -0.454 e. The predicted molar refractivity (Wildman–Crippen MR) is 57.4 cm³/mol. The number of carbonyl (C=O) groups is 1. The molecule has 0 aromatic carbocycles. The summed E-state index contributed by atoms with van der Waals surface area (Å²) in [4.78, 5) is 11.8. The molecule has 0 aliphatic heterocycles. The third kappa shape index (κ3) is 1.92.